The van der Waals surface area contributed by atoms with Crippen molar-refractivity contribution in [2.75, 3.05) is 0 Å². The molecule has 0 N–H and O–H groups in total. The Hall–Kier alpha value is -1.38. The van der Waals surface area contributed by atoms with Crippen molar-refractivity contribution in [1.29, 1.82) is 0 Å². The van der Waals surface area contributed by atoms with Gasteiger partial charge in [0.25, 0.3) is 0 Å². The molecule has 2 heteroatoms. The third kappa shape index (κ3) is 2.45. The van der Waals surface area contributed by atoms with Crippen molar-refractivity contribution >= 4 is 31.9 Å². The molecule has 0 bridgehead atoms. The van der Waals surface area contributed by atoms with E-state index in [1.54, 1.807) is 0 Å². The molecule has 0 nitrogen and oxygen atoms in total. The molecule has 0 heterocycles. The normalized spacial score (nSPS) is 13.0. The summed E-state index contributed by atoms with van der Waals surface area (Å²) in [7, 11) is 0. The summed E-state index contributed by atoms with van der Waals surface area (Å²) in [5.74, 6) is 0.419. The summed E-state index contributed by atoms with van der Waals surface area (Å²) in [6.07, 6.45) is 1.04. The van der Waals surface area contributed by atoms with E-state index in [4.69, 9.17) is 0 Å². The first-order valence-corrected chi connectivity index (χ1v) is 8.94. The summed E-state index contributed by atoms with van der Waals surface area (Å²) >= 11 is 7.26. The highest BCUT2D eigenvalue weighted by atomic mass is 79.9. The molecule has 0 fully saturated rings. The number of hydrogen-bond acceptors (Lipinski definition) is 0. The first-order valence-electron chi connectivity index (χ1n) is 7.35. The Morgan fingerprint density at radius 1 is 0.682 bits per heavy atom. The van der Waals surface area contributed by atoms with Gasteiger partial charge >= 0.3 is 0 Å². The summed E-state index contributed by atoms with van der Waals surface area (Å²) in [4.78, 5) is 0. The Bertz CT molecular complexity index is 786. The molecule has 0 saturated heterocycles. The van der Waals surface area contributed by atoms with Gasteiger partial charge in [-0.15, -0.1) is 0 Å². The van der Waals surface area contributed by atoms with E-state index in [2.05, 4.69) is 98.6 Å². The van der Waals surface area contributed by atoms with E-state index in [1.165, 1.54) is 27.8 Å². The maximum absolute atomic E-state index is 3.63. The van der Waals surface area contributed by atoms with Crippen LogP contribution in [0.1, 0.15) is 22.6 Å². The van der Waals surface area contributed by atoms with Crippen molar-refractivity contribution in [2.24, 2.45) is 0 Å². The molecule has 0 aromatic heterocycles. The van der Waals surface area contributed by atoms with Crippen LogP contribution >= 0.6 is 31.9 Å². The van der Waals surface area contributed by atoms with E-state index in [-0.39, 0.29) is 0 Å². The average Bonchev–Trinajstić information content (AvgIpc) is 2.81. The summed E-state index contributed by atoms with van der Waals surface area (Å²) in [6.45, 7) is 0. The third-order valence-corrected chi connectivity index (χ3v) is 5.34. The largest absolute Gasteiger partial charge is 0.0622 e. The first kappa shape index (κ1) is 14.2. The van der Waals surface area contributed by atoms with E-state index < -0.39 is 0 Å². The molecule has 0 spiro atoms. The van der Waals surface area contributed by atoms with Gasteiger partial charge in [0.15, 0.2) is 0 Å². The second-order valence-corrected chi connectivity index (χ2v) is 7.54. The SMILES string of the molecule is Brc1ccc2c(c1)C(Cc1ccccc1)c1cc(Br)ccc1-2. The predicted octanol–water partition coefficient (Wildman–Crippen LogP) is 6.57. The zero-order chi connectivity index (χ0) is 15.1. The maximum Gasteiger partial charge on any atom is 0.0178 e. The fraction of sp³-hybridized carbons (Fsp3) is 0.100. The Balaban J connectivity index is 1.87. The van der Waals surface area contributed by atoms with Crippen molar-refractivity contribution in [3.63, 3.8) is 0 Å². The van der Waals surface area contributed by atoms with E-state index in [9.17, 15) is 0 Å². The van der Waals surface area contributed by atoms with Gasteiger partial charge in [0.2, 0.25) is 0 Å². The van der Waals surface area contributed by atoms with Gasteiger partial charge in [0.1, 0.15) is 0 Å². The summed E-state index contributed by atoms with van der Waals surface area (Å²) < 4.78 is 2.30. The van der Waals surface area contributed by atoms with Crippen LogP contribution in [0.5, 0.6) is 0 Å². The van der Waals surface area contributed by atoms with E-state index in [1.807, 2.05) is 0 Å². The van der Waals surface area contributed by atoms with Crippen molar-refractivity contribution in [1.82, 2.24) is 0 Å². The minimum Gasteiger partial charge on any atom is -0.0622 e. The molecule has 0 unspecified atom stereocenters. The van der Waals surface area contributed by atoms with Crippen molar-refractivity contribution in [3.8, 4) is 11.1 Å². The lowest BCUT2D eigenvalue weighted by atomic mass is 9.90. The van der Waals surface area contributed by atoms with Crippen LogP contribution in [0.4, 0.5) is 0 Å². The number of fused-ring (bicyclic) bond motifs is 3. The Labute approximate surface area is 147 Å². The summed E-state index contributed by atoms with van der Waals surface area (Å²) in [5.41, 5.74) is 6.96. The molecule has 3 aromatic rings. The van der Waals surface area contributed by atoms with Gasteiger partial charge in [-0.2, -0.15) is 0 Å². The van der Waals surface area contributed by atoms with Crippen LogP contribution in [0.2, 0.25) is 0 Å². The Kier molecular flexibility index (Phi) is 3.67. The molecule has 3 aromatic carbocycles. The Morgan fingerprint density at radius 3 is 1.77 bits per heavy atom. The molecule has 1 aliphatic rings. The lowest BCUT2D eigenvalue weighted by Gasteiger charge is -2.14. The number of rotatable bonds is 2. The molecular weight excluding hydrogens is 400 g/mol. The highest BCUT2D eigenvalue weighted by Gasteiger charge is 2.29. The van der Waals surface area contributed by atoms with Crippen LogP contribution in [0.3, 0.4) is 0 Å². The van der Waals surface area contributed by atoms with Gasteiger partial charge in [0, 0.05) is 14.9 Å². The number of halogens is 2. The highest BCUT2D eigenvalue weighted by Crippen LogP contribution is 2.47. The van der Waals surface area contributed by atoms with Gasteiger partial charge in [0.05, 0.1) is 0 Å². The Morgan fingerprint density at radius 2 is 1.23 bits per heavy atom. The van der Waals surface area contributed by atoms with Crippen LogP contribution in [0, 0.1) is 0 Å². The van der Waals surface area contributed by atoms with Crippen LogP contribution in [0.25, 0.3) is 11.1 Å². The fourth-order valence-corrected chi connectivity index (χ4v) is 4.13. The van der Waals surface area contributed by atoms with Crippen molar-refractivity contribution in [2.45, 2.75) is 12.3 Å². The monoisotopic (exact) mass is 412 g/mol. The molecule has 4 rings (SSSR count). The van der Waals surface area contributed by atoms with Crippen LogP contribution in [-0.2, 0) is 6.42 Å². The smallest absolute Gasteiger partial charge is 0.0178 e. The second kappa shape index (κ2) is 5.68. The highest BCUT2D eigenvalue weighted by molar-refractivity contribution is 9.10. The molecule has 0 radical (unpaired) electrons. The lowest BCUT2D eigenvalue weighted by Crippen LogP contribution is -2.01. The van der Waals surface area contributed by atoms with Gasteiger partial charge in [-0.25, -0.2) is 0 Å². The molecule has 22 heavy (non-hydrogen) atoms. The van der Waals surface area contributed by atoms with Gasteiger partial charge < -0.3 is 0 Å². The molecule has 0 atom stereocenters. The number of benzene rings is 3. The molecule has 0 saturated carbocycles. The van der Waals surface area contributed by atoms with E-state index in [0.717, 1.165) is 15.4 Å². The van der Waals surface area contributed by atoms with Gasteiger partial charge in [-0.3, -0.25) is 0 Å². The summed E-state index contributed by atoms with van der Waals surface area (Å²) in [6, 6.07) is 24.0. The van der Waals surface area contributed by atoms with Gasteiger partial charge in [-0.1, -0.05) is 74.3 Å². The topological polar surface area (TPSA) is 0 Å². The molecule has 0 amide bonds. The van der Waals surface area contributed by atoms with E-state index >= 15 is 0 Å². The van der Waals surface area contributed by atoms with E-state index in [0.29, 0.717) is 5.92 Å². The third-order valence-electron chi connectivity index (χ3n) is 4.35. The molecule has 108 valence electrons. The quantitative estimate of drug-likeness (QED) is 0.445. The molecule has 0 aliphatic heterocycles. The molecule has 1 aliphatic carbocycles. The molecular formula is C20H14Br2. The fourth-order valence-electron chi connectivity index (χ4n) is 3.37. The van der Waals surface area contributed by atoms with Crippen molar-refractivity contribution < 1.29 is 0 Å². The second-order valence-electron chi connectivity index (χ2n) is 5.71. The standard InChI is InChI=1S/C20H14Br2/c21-14-6-8-16-17-9-7-15(22)12-20(17)18(19(16)11-14)10-13-4-2-1-3-5-13/h1-9,11-12,18H,10H2. The van der Waals surface area contributed by atoms with Crippen LogP contribution < -0.4 is 0 Å². The first-order chi connectivity index (χ1) is 10.7. The van der Waals surface area contributed by atoms with Gasteiger partial charge in [-0.05, 0) is 58.5 Å². The average molecular weight is 414 g/mol. The number of hydrogen-bond donors (Lipinski definition) is 0. The summed E-state index contributed by atoms with van der Waals surface area (Å²) in [5, 5.41) is 0. The minimum absolute atomic E-state index is 0.419. The lowest BCUT2D eigenvalue weighted by molar-refractivity contribution is 0.826. The van der Waals surface area contributed by atoms with Crippen molar-refractivity contribution in [3.05, 3.63) is 92.4 Å². The zero-order valence-electron chi connectivity index (χ0n) is 11.9. The zero-order valence-corrected chi connectivity index (χ0v) is 15.1. The maximum atomic E-state index is 3.63. The minimum atomic E-state index is 0.419. The predicted molar refractivity (Wildman–Crippen MR) is 99.3 cm³/mol. The van der Waals surface area contributed by atoms with Crippen LogP contribution in [-0.4, -0.2) is 0 Å². The van der Waals surface area contributed by atoms with Crippen LogP contribution in [0.15, 0.2) is 75.7 Å².